The molecule has 1 N–H and O–H groups in total. The van der Waals surface area contributed by atoms with Gasteiger partial charge in [0.15, 0.2) is 0 Å². The SMILES string of the molecule is CC(C)c1c(CNC2CC2)cnn1-c1ccccc1Cl. The average Bonchev–Trinajstić information content (AvgIpc) is 3.15. The van der Waals surface area contributed by atoms with Gasteiger partial charge in [0.25, 0.3) is 0 Å². The zero-order valence-corrected chi connectivity index (χ0v) is 12.7. The lowest BCUT2D eigenvalue weighted by atomic mass is 10.1. The summed E-state index contributed by atoms with van der Waals surface area (Å²) in [6.07, 6.45) is 4.57. The van der Waals surface area contributed by atoms with Crippen molar-refractivity contribution in [2.75, 3.05) is 0 Å². The van der Waals surface area contributed by atoms with Gasteiger partial charge in [-0.15, -0.1) is 0 Å². The first kappa shape index (κ1) is 13.7. The van der Waals surface area contributed by atoms with Gasteiger partial charge in [-0.05, 0) is 30.9 Å². The van der Waals surface area contributed by atoms with Gasteiger partial charge in [-0.3, -0.25) is 0 Å². The highest BCUT2D eigenvalue weighted by atomic mass is 35.5. The minimum absolute atomic E-state index is 0.407. The molecule has 0 amide bonds. The third kappa shape index (κ3) is 2.74. The monoisotopic (exact) mass is 289 g/mol. The van der Waals surface area contributed by atoms with Crippen LogP contribution in [0.25, 0.3) is 5.69 Å². The fraction of sp³-hybridized carbons (Fsp3) is 0.438. The molecule has 1 aliphatic carbocycles. The first-order valence-corrected chi connectivity index (χ1v) is 7.59. The van der Waals surface area contributed by atoms with Crippen LogP contribution < -0.4 is 5.32 Å². The maximum Gasteiger partial charge on any atom is 0.0835 e. The van der Waals surface area contributed by atoms with E-state index in [0.29, 0.717) is 12.0 Å². The van der Waals surface area contributed by atoms with Crippen molar-refractivity contribution in [1.29, 1.82) is 0 Å². The van der Waals surface area contributed by atoms with E-state index in [-0.39, 0.29) is 0 Å². The van der Waals surface area contributed by atoms with Crippen LogP contribution in [0, 0.1) is 0 Å². The zero-order chi connectivity index (χ0) is 14.1. The number of hydrogen-bond acceptors (Lipinski definition) is 2. The average molecular weight is 290 g/mol. The Morgan fingerprint density at radius 1 is 1.35 bits per heavy atom. The molecule has 0 saturated heterocycles. The number of nitrogens with one attached hydrogen (secondary N) is 1. The molecule has 0 radical (unpaired) electrons. The molecule has 1 aromatic carbocycles. The molecule has 106 valence electrons. The minimum atomic E-state index is 0.407. The molecular formula is C16H20ClN3. The van der Waals surface area contributed by atoms with E-state index in [1.165, 1.54) is 24.1 Å². The van der Waals surface area contributed by atoms with Gasteiger partial charge in [-0.1, -0.05) is 37.6 Å². The van der Waals surface area contributed by atoms with Gasteiger partial charge in [0.2, 0.25) is 0 Å². The molecular weight excluding hydrogens is 270 g/mol. The van der Waals surface area contributed by atoms with E-state index >= 15 is 0 Å². The summed E-state index contributed by atoms with van der Waals surface area (Å²) < 4.78 is 1.98. The van der Waals surface area contributed by atoms with Crippen LogP contribution in [0.1, 0.15) is 43.9 Å². The van der Waals surface area contributed by atoms with E-state index in [9.17, 15) is 0 Å². The summed E-state index contributed by atoms with van der Waals surface area (Å²) in [6, 6.07) is 8.57. The minimum Gasteiger partial charge on any atom is -0.310 e. The van der Waals surface area contributed by atoms with Crippen molar-refractivity contribution in [1.82, 2.24) is 15.1 Å². The number of benzene rings is 1. The Hall–Kier alpha value is -1.32. The maximum absolute atomic E-state index is 6.31. The van der Waals surface area contributed by atoms with Crippen LogP contribution >= 0.6 is 11.6 Å². The number of para-hydroxylation sites is 1. The molecule has 1 heterocycles. The van der Waals surface area contributed by atoms with Gasteiger partial charge >= 0.3 is 0 Å². The zero-order valence-electron chi connectivity index (χ0n) is 11.9. The molecule has 1 fully saturated rings. The van der Waals surface area contributed by atoms with E-state index in [2.05, 4.69) is 24.3 Å². The van der Waals surface area contributed by atoms with Crippen molar-refractivity contribution in [3.8, 4) is 5.69 Å². The molecule has 2 aromatic rings. The highest BCUT2D eigenvalue weighted by molar-refractivity contribution is 6.32. The predicted octanol–water partition coefficient (Wildman–Crippen LogP) is 3.90. The Balaban J connectivity index is 1.95. The summed E-state index contributed by atoms with van der Waals surface area (Å²) in [7, 11) is 0. The molecule has 0 spiro atoms. The maximum atomic E-state index is 6.31. The van der Waals surface area contributed by atoms with Crippen molar-refractivity contribution < 1.29 is 0 Å². The Bertz CT molecular complexity index is 600. The van der Waals surface area contributed by atoms with E-state index < -0.39 is 0 Å². The Morgan fingerprint density at radius 2 is 2.10 bits per heavy atom. The third-order valence-electron chi connectivity index (χ3n) is 3.67. The second-order valence-electron chi connectivity index (χ2n) is 5.73. The summed E-state index contributed by atoms with van der Waals surface area (Å²) >= 11 is 6.31. The Labute approximate surface area is 124 Å². The van der Waals surface area contributed by atoms with Crippen molar-refractivity contribution in [2.24, 2.45) is 0 Å². The molecule has 4 heteroatoms. The van der Waals surface area contributed by atoms with Crippen LogP contribution in [0.3, 0.4) is 0 Å². The largest absolute Gasteiger partial charge is 0.310 e. The van der Waals surface area contributed by atoms with Crippen LogP contribution in [0.5, 0.6) is 0 Å². The van der Waals surface area contributed by atoms with Gasteiger partial charge in [0.1, 0.15) is 0 Å². The van der Waals surface area contributed by atoms with Gasteiger partial charge in [-0.25, -0.2) is 4.68 Å². The molecule has 1 aromatic heterocycles. The third-order valence-corrected chi connectivity index (χ3v) is 3.99. The number of rotatable bonds is 5. The van der Waals surface area contributed by atoms with Crippen molar-refractivity contribution in [3.05, 3.63) is 46.7 Å². The normalized spacial score (nSPS) is 15.0. The molecule has 20 heavy (non-hydrogen) atoms. The van der Waals surface area contributed by atoms with Crippen LogP contribution in [0.4, 0.5) is 0 Å². The van der Waals surface area contributed by atoms with E-state index in [4.69, 9.17) is 11.6 Å². The lowest BCUT2D eigenvalue weighted by molar-refractivity contribution is 0.666. The lowest BCUT2D eigenvalue weighted by Gasteiger charge is -2.14. The van der Waals surface area contributed by atoms with Crippen LogP contribution in [0.2, 0.25) is 5.02 Å². The quantitative estimate of drug-likeness (QED) is 0.905. The van der Waals surface area contributed by atoms with Gasteiger partial charge < -0.3 is 5.32 Å². The smallest absolute Gasteiger partial charge is 0.0835 e. The van der Waals surface area contributed by atoms with Gasteiger partial charge in [0, 0.05) is 18.2 Å². The molecule has 0 unspecified atom stereocenters. The second kappa shape index (κ2) is 5.58. The second-order valence-corrected chi connectivity index (χ2v) is 6.14. The summed E-state index contributed by atoms with van der Waals surface area (Å²) in [4.78, 5) is 0. The van der Waals surface area contributed by atoms with E-state index in [1.807, 2.05) is 35.1 Å². The van der Waals surface area contributed by atoms with E-state index in [1.54, 1.807) is 0 Å². The number of halogens is 1. The lowest BCUT2D eigenvalue weighted by Crippen LogP contribution is -2.17. The molecule has 0 aliphatic heterocycles. The standard InChI is InChI=1S/C16H20ClN3/c1-11(2)16-12(9-18-13-7-8-13)10-19-20(16)15-6-4-3-5-14(15)17/h3-6,10-11,13,18H,7-9H2,1-2H3. The van der Waals surface area contributed by atoms with Crippen molar-refractivity contribution in [3.63, 3.8) is 0 Å². The number of nitrogens with zero attached hydrogens (tertiary/aromatic N) is 2. The molecule has 0 bridgehead atoms. The molecule has 1 saturated carbocycles. The Morgan fingerprint density at radius 3 is 2.75 bits per heavy atom. The van der Waals surface area contributed by atoms with Crippen LogP contribution in [-0.4, -0.2) is 15.8 Å². The fourth-order valence-electron chi connectivity index (χ4n) is 2.50. The summed E-state index contributed by atoms with van der Waals surface area (Å²) in [5.41, 5.74) is 3.47. The van der Waals surface area contributed by atoms with Gasteiger partial charge in [-0.2, -0.15) is 5.10 Å². The molecule has 0 atom stereocenters. The highest BCUT2D eigenvalue weighted by Gasteiger charge is 2.22. The van der Waals surface area contributed by atoms with Crippen LogP contribution in [-0.2, 0) is 6.54 Å². The van der Waals surface area contributed by atoms with E-state index in [0.717, 1.165) is 17.3 Å². The first-order valence-electron chi connectivity index (χ1n) is 7.22. The van der Waals surface area contributed by atoms with Crippen molar-refractivity contribution in [2.45, 2.75) is 45.2 Å². The summed E-state index contributed by atoms with van der Waals surface area (Å²) in [5.74, 6) is 0.407. The van der Waals surface area contributed by atoms with Crippen LogP contribution in [0.15, 0.2) is 30.5 Å². The fourth-order valence-corrected chi connectivity index (χ4v) is 2.72. The first-order chi connectivity index (χ1) is 9.66. The topological polar surface area (TPSA) is 29.9 Å². The van der Waals surface area contributed by atoms with Crippen molar-refractivity contribution >= 4 is 11.6 Å². The summed E-state index contributed by atoms with van der Waals surface area (Å²) in [5, 5.41) is 8.86. The van der Waals surface area contributed by atoms with Gasteiger partial charge in [0.05, 0.1) is 22.6 Å². The molecule has 1 aliphatic rings. The Kier molecular flexibility index (Phi) is 3.81. The number of hydrogen-bond donors (Lipinski definition) is 1. The molecule has 3 nitrogen and oxygen atoms in total. The predicted molar refractivity (Wildman–Crippen MR) is 82.5 cm³/mol. The molecule has 3 rings (SSSR count). The summed E-state index contributed by atoms with van der Waals surface area (Å²) in [6.45, 7) is 5.29. The number of aromatic nitrogens is 2. The highest BCUT2D eigenvalue weighted by Crippen LogP contribution is 2.27.